The zero-order valence-corrected chi connectivity index (χ0v) is 11.0. The summed E-state index contributed by atoms with van der Waals surface area (Å²) >= 11 is 0. The summed E-state index contributed by atoms with van der Waals surface area (Å²) in [6.07, 6.45) is 5.24. The Morgan fingerprint density at radius 1 is 1.16 bits per heavy atom. The summed E-state index contributed by atoms with van der Waals surface area (Å²) in [6.45, 7) is 0. The Balaban J connectivity index is 1.86. The molecule has 19 heavy (non-hydrogen) atoms. The van der Waals surface area contributed by atoms with Gasteiger partial charge in [-0.15, -0.1) is 0 Å². The number of nitrogen functional groups attached to an aromatic ring is 1. The second kappa shape index (κ2) is 4.94. The summed E-state index contributed by atoms with van der Waals surface area (Å²) in [4.78, 5) is 8.64. The minimum absolute atomic E-state index is 0.0321. The first kappa shape index (κ1) is 12.6. The Bertz CT molecular complexity index is 478. The van der Waals surface area contributed by atoms with E-state index >= 15 is 0 Å². The molecule has 1 saturated carbocycles. The number of nitrogens with zero attached hydrogens (tertiary/aromatic N) is 2. The minimum atomic E-state index is -0.412. The van der Waals surface area contributed by atoms with Crippen molar-refractivity contribution < 1.29 is 5.11 Å². The molecule has 0 bridgehead atoms. The number of nitrogens with one attached hydrogen (secondary N) is 1. The van der Waals surface area contributed by atoms with Gasteiger partial charge in [0.15, 0.2) is 0 Å². The lowest BCUT2D eigenvalue weighted by molar-refractivity contribution is 0.170. The molecule has 0 spiro atoms. The predicted octanol–water partition coefficient (Wildman–Crippen LogP) is 0.200. The zero-order chi connectivity index (χ0) is 13.4. The molecule has 6 heteroatoms. The van der Waals surface area contributed by atoms with Crippen molar-refractivity contribution in [2.24, 2.45) is 5.73 Å². The highest BCUT2D eigenvalue weighted by molar-refractivity contribution is 5.51. The summed E-state index contributed by atoms with van der Waals surface area (Å²) in [5, 5.41) is 13.3. The summed E-state index contributed by atoms with van der Waals surface area (Å²) in [7, 11) is 0. The van der Waals surface area contributed by atoms with Gasteiger partial charge in [-0.3, -0.25) is 0 Å². The van der Waals surface area contributed by atoms with E-state index in [-0.39, 0.29) is 12.1 Å². The quantitative estimate of drug-likeness (QED) is 0.607. The van der Waals surface area contributed by atoms with Crippen LogP contribution in [0, 0.1) is 0 Å². The number of rotatable bonds is 2. The maximum absolute atomic E-state index is 9.98. The lowest BCUT2D eigenvalue weighted by Crippen LogP contribution is -2.30. The highest BCUT2D eigenvalue weighted by atomic mass is 16.3. The van der Waals surface area contributed by atoms with Crippen molar-refractivity contribution in [3.8, 4) is 0 Å². The van der Waals surface area contributed by atoms with Crippen LogP contribution in [0.2, 0.25) is 0 Å². The molecular formula is C13H21N5O. The lowest BCUT2D eigenvalue weighted by Gasteiger charge is -2.23. The molecule has 1 aromatic heterocycles. The van der Waals surface area contributed by atoms with Gasteiger partial charge in [0.2, 0.25) is 5.95 Å². The molecule has 0 unspecified atom stereocenters. The van der Waals surface area contributed by atoms with Gasteiger partial charge in [0, 0.05) is 11.6 Å². The smallest absolute Gasteiger partial charge is 0.222 e. The molecule has 3 atom stereocenters. The van der Waals surface area contributed by atoms with Crippen LogP contribution < -0.4 is 16.8 Å². The third-order valence-corrected chi connectivity index (χ3v) is 4.09. The Morgan fingerprint density at radius 2 is 1.95 bits per heavy atom. The Labute approximate surface area is 112 Å². The summed E-state index contributed by atoms with van der Waals surface area (Å²) < 4.78 is 0. The second-order valence-electron chi connectivity index (χ2n) is 5.61. The van der Waals surface area contributed by atoms with E-state index < -0.39 is 6.10 Å². The summed E-state index contributed by atoms with van der Waals surface area (Å²) in [5.41, 5.74) is 13.9. The van der Waals surface area contributed by atoms with Crippen molar-refractivity contribution >= 4 is 11.8 Å². The maximum atomic E-state index is 9.98. The third kappa shape index (κ3) is 2.50. The maximum Gasteiger partial charge on any atom is 0.222 e. The van der Waals surface area contributed by atoms with Crippen LogP contribution in [0.3, 0.4) is 0 Å². The fraction of sp³-hybridized carbons (Fsp3) is 0.692. The number of aliphatic hydroxyl groups is 1. The highest BCUT2D eigenvalue weighted by Gasteiger charge is 2.32. The van der Waals surface area contributed by atoms with E-state index in [0.717, 1.165) is 49.2 Å². The SMILES string of the molecule is Nc1nc2c(c(N[C@H]3C[C@H](N)C[C@@H]3O)n1)CCCC2. The average Bonchev–Trinajstić information content (AvgIpc) is 2.67. The van der Waals surface area contributed by atoms with Gasteiger partial charge in [0.1, 0.15) is 5.82 Å². The fourth-order valence-corrected chi connectivity index (χ4v) is 3.12. The Kier molecular flexibility index (Phi) is 3.28. The van der Waals surface area contributed by atoms with Gasteiger partial charge in [-0.1, -0.05) is 0 Å². The van der Waals surface area contributed by atoms with E-state index in [0.29, 0.717) is 12.4 Å². The first-order chi connectivity index (χ1) is 9.13. The molecule has 6 N–H and O–H groups in total. The third-order valence-electron chi connectivity index (χ3n) is 4.09. The molecule has 1 fully saturated rings. The van der Waals surface area contributed by atoms with Crippen LogP contribution in [0.15, 0.2) is 0 Å². The van der Waals surface area contributed by atoms with E-state index in [2.05, 4.69) is 15.3 Å². The molecule has 0 saturated heterocycles. The fourth-order valence-electron chi connectivity index (χ4n) is 3.12. The monoisotopic (exact) mass is 263 g/mol. The number of hydrogen-bond donors (Lipinski definition) is 4. The molecule has 104 valence electrons. The molecule has 1 aromatic rings. The number of hydrogen-bond acceptors (Lipinski definition) is 6. The molecule has 3 rings (SSSR count). The number of anilines is 2. The van der Waals surface area contributed by atoms with Crippen LogP contribution in [0.5, 0.6) is 0 Å². The molecule has 0 amide bonds. The first-order valence-corrected chi connectivity index (χ1v) is 6.99. The van der Waals surface area contributed by atoms with Crippen LogP contribution in [0.1, 0.15) is 36.9 Å². The van der Waals surface area contributed by atoms with Crippen molar-refractivity contribution in [2.75, 3.05) is 11.1 Å². The standard InChI is InChI=1S/C13H21N5O/c14-7-5-10(11(19)6-7)16-12-8-3-1-2-4-9(8)17-13(15)18-12/h7,10-11,19H,1-6,14H2,(H3,15,16,17,18)/t7-,10-,11-/m0/s1. The van der Waals surface area contributed by atoms with E-state index in [1.54, 1.807) is 0 Å². The van der Waals surface area contributed by atoms with Crippen molar-refractivity contribution in [2.45, 2.75) is 56.7 Å². The second-order valence-corrected chi connectivity index (χ2v) is 5.61. The number of aliphatic hydroxyl groups excluding tert-OH is 1. The number of nitrogens with two attached hydrogens (primary N) is 2. The molecule has 6 nitrogen and oxygen atoms in total. The largest absolute Gasteiger partial charge is 0.391 e. The predicted molar refractivity (Wildman–Crippen MR) is 73.7 cm³/mol. The van der Waals surface area contributed by atoms with Gasteiger partial charge in [-0.05, 0) is 38.5 Å². The molecule has 2 aliphatic carbocycles. The van der Waals surface area contributed by atoms with Crippen molar-refractivity contribution in [1.82, 2.24) is 9.97 Å². The molecular weight excluding hydrogens is 242 g/mol. The van der Waals surface area contributed by atoms with Gasteiger partial charge in [0.25, 0.3) is 0 Å². The summed E-state index contributed by atoms with van der Waals surface area (Å²) in [5.74, 6) is 1.10. The van der Waals surface area contributed by atoms with Crippen LogP contribution in [-0.4, -0.2) is 33.3 Å². The Morgan fingerprint density at radius 3 is 2.68 bits per heavy atom. The average molecular weight is 263 g/mol. The van der Waals surface area contributed by atoms with Gasteiger partial charge >= 0.3 is 0 Å². The zero-order valence-electron chi connectivity index (χ0n) is 11.0. The van der Waals surface area contributed by atoms with E-state index in [1.165, 1.54) is 0 Å². The topological polar surface area (TPSA) is 110 Å². The molecule has 1 heterocycles. The van der Waals surface area contributed by atoms with Gasteiger partial charge < -0.3 is 21.9 Å². The van der Waals surface area contributed by atoms with Gasteiger partial charge in [0.05, 0.1) is 17.8 Å². The molecule has 2 aliphatic rings. The van der Waals surface area contributed by atoms with E-state index in [9.17, 15) is 5.11 Å². The van der Waals surface area contributed by atoms with Crippen LogP contribution in [0.25, 0.3) is 0 Å². The van der Waals surface area contributed by atoms with Crippen LogP contribution in [-0.2, 0) is 12.8 Å². The van der Waals surface area contributed by atoms with E-state index in [4.69, 9.17) is 11.5 Å². The van der Waals surface area contributed by atoms with Crippen molar-refractivity contribution in [3.63, 3.8) is 0 Å². The van der Waals surface area contributed by atoms with Crippen LogP contribution in [0.4, 0.5) is 11.8 Å². The van der Waals surface area contributed by atoms with Crippen molar-refractivity contribution in [1.29, 1.82) is 0 Å². The highest BCUT2D eigenvalue weighted by Crippen LogP contribution is 2.29. The lowest BCUT2D eigenvalue weighted by atomic mass is 9.96. The summed E-state index contributed by atoms with van der Waals surface area (Å²) in [6, 6.07) is 0.0258. The van der Waals surface area contributed by atoms with Crippen molar-refractivity contribution in [3.05, 3.63) is 11.3 Å². The Hall–Kier alpha value is -1.40. The number of aryl methyl sites for hydroxylation is 1. The first-order valence-electron chi connectivity index (χ1n) is 6.99. The number of aromatic nitrogens is 2. The number of fused-ring (bicyclic) bond motifs is 1. The minimum Gasteiger partial charge on any atom is -0.391 e. The molecule has 0 radical (unpaired) electrons. The van der Waals surface area contributed by atoms with Crippen LogP contribution >= 0.6 is 0 Å². The van der Waals surface area contributed by atoms with Gasteiger partial charge in [-0.25, -0.2) is 4.98 Å². The molecule has 0 aromatic carbocycles. The van der Waals surface area contributed by atoms with Gasteiger partial charge in [-0.2, -0.15) is 4.98 Å². The molecule has 0 aliphatic heterocycles. The van der Waals surface area contributed by atoms with E-state index in [1.807, 2.05) is 0 Å². The normalized spacial score (nSPS) is 30.1.